The summed E-state index contributed by atoms with van der Waals surface area (Å²) < 4.78 is 51.2. The maximum Gasteiger partial charge on any atom is 0.416 e. The van der Waals surface area contributed by atoms with Crippen LogP contribution in [-0.4, -0.2) is 36.4 Å². The van der Waals surface area contributed by atoms with Gasteiger partial charge in [-0.15, -0.1) is 0 Å². The molecule has 0 bridgehead atoms. The maximum atomic E-state index is 13.3. The Morgan fingerprint density at radius 1 is 1.00 bits per heavy atom. The van der Waals surface area contributed by atoms with Crippen molar-refractivity contribution in [2.75, 3.05) is 25.0 Å². The normalized spacial score (nSPS) is 15.0. The van der Waals surface area contributed by atoms with Crippen molar-refractivity contribution in [2.45, 2.75) is 46.7 Å². The summed E-state index contributed by atoms with van der Waals surface area (Å²) in [7, 11) is 0. The number of hydrogen-bond donors (Lipinski definition) is 1. The van der Waals surface area contributed by atoms with E-state index in [1.165, 1.54) is 6.07 Å². The number of carbonyl (C=O) groups excluding carboxylic acids is 2. The molecule has 3 rings (SSSR count). The predicted octanol–water partition coefficient (Wildman–Crippen LogP) is 6.12. The first kappa shape index (κ1) is 26.4. The van der Waals surface area contributed by atoms with E-state index < -0.39 is 29.0 Å². The highest BCUT2D eigenvalue weighted by Gasteiger charge is 2.34. The van der Waals surface area contributed by atoms with E-state index in [0.29, 0.717) is 44.0 Å². The Bertz CT molecular complexity index is 1040. The van der Waals surface area contributed by atoms with Crippen molar-refractivity contribution in [1.82, 2.24) is 4.90 Å². The third-order valence-corrected chi connectivity index (χ3v) is 5.72. The monoisotopic (exact) mass is 492 g/mol. The Balaban J connectivity index is 1.75. The number of carbonyl (C=O) groups is 2. The van der Waals surface area contributed by atoms with Gasteiger partial charge in [0.25, 0.3) is 0 Å². The number of rotatable bonds is 6. The van der Waals surface area contributed by atoms with Crippen molar-refractivity contribution in [3.63, 3.8) is 0 Å². The molecule has 1 N–H and O–H groups in total. The lowest BCUT2D eigenvalue weighted by Gasteiger charge is -2.35. The molecule has 0 atom stereocenters. The lowest BCUT2D eigenvalue weighted by atomic mass is 9.90. The zero-order valence-corrected chi connectivity index (χ0v) is 20.4. The number of piperidine rings is 1. The summed E-state index contributed by atoms with van der Waals surface area (Å²) in [5.74, 6) is 0.307. The van der Waals surface area contributed by atoms with E-state index in [2.05, 4.69) is 5.32 Å². The Morgan fingerprint density at radius 3 is 2.14 bits per heavy atom. The minimum absolute atomic E-state index is 0.0141. The molecule has 0 saturated carbocycles. The van der Waals surface area contributed by atoms with Crippen LogP contribution in [0, 0.1) is 11.3 Å². The molecule has 0 aliphatic carbocycles. The lowest BCUT2D eigenvalue weighted by molar-refractivity contribution is -0.142. The number of halogens is 3. The second-order valence-corrected chi connectivity index (χ2v) is 9.52. The first-order valence-electron chi connectivity index (χ1n) is 11.6. The number of likely N-dealkylation sites (tertiary alicyclic amines) is 1. The first-order valence-corrected chi connectivity index (χ1v) is 11.6. The molecular weight excluding hydrogens is 461 g/mol. The number of hydrogen-bond acceptors (Lipinski definition) is 4. The summed E-state index contributed by atoms with van der Waals surface area (Å²) >= 11 is 0. The number of amides is 2. The Morgan fingerprint density at radius 2 is 1.60 bits per heavy atom. The van der Waals surface area contributed by atoms with E-state index in [0.717, 1.165) is 12.1 Å². The minimum Gasteiger partial charge on any atom is -0.494 e. The van der Waals surface area contributed by atoms with Gasteiger partial charge in [-0.3, -0.25) is 9.59 Å². The SMILES string of the molecule is CCOc1ccc(Oc2ccc(C(F)(F)F)cc2NC(=O)C2CCN(C(=O)C(C)(C)C)CC2)cc1. The average Bonchev–Trinajstić information content (AvgIpc) is 2.80. The van der Waals surface area contributed by atoms with Crippen LogP contribution in [0.25, 0.3) is 0 Å². The van der Waals surface area contributed by atoms with Crippen molar-refractivity contribution in [3.05, 3.63) is 48.0 Å². The second kappa shape index (κ2) is 10.6. The molecule has 9 heteroatoms. The maximum absolute atomic E-state index is 13.3. The van der Waals surface area contributed by atoms with Gasteiger partial charge in [-0.25, -0.2) is 0 Å². The molecule has 0 aromatic heterocycles. The highest BCUT2D eigenvalue weighted by atomic mass is 19.4. The number of nitrogens with zero attached hydrogens (tertiary/aromatic N) is 1. The van der Waals surface area contributed by atoms with Gasteiger partial charge in [0.1, 0.15) is 11.5 Å². The molecule has 1 heterocycles. The van der Waals surface area contributed by atoms with Crippen LogP contribution in [0.4, 0.5) is 18.9 Å². The van der Waals surface area contributed by atoms with Crippen LogP contribution in [0.3, 0.4) is 0 Å². The van der Waals surface area contributed by atoms with Gasteiger partial charge in [0.15, 0.2) is 5.75 Å². The van der Waals surface area contributed by atoms with Crippen LogP contribution in [0.1, 0.15) is 46.1 Å². The third-order valence-electron chi connectivity index (χ3n) is 5.72. The van der Waals surface area contributed by atoms with E-state index in [1.54, 1.807) is 29.2 Å². The molecule has 0 radical (unpaired) electrons. The van der Waals surface area contributed by atoms with Crippen molar-refractivity contribution >= 4 is 17.5 Å². The molecule has 0 spiro atoms. The second-order valence-electron chi connectivity index (χ2n) is 9.52. The number of alkyl halides is 3. The van der Waals surface area contributed by atoms with Crippen LogP contribution in [0.15, 0.2) is 42.5 Å². The molecule has 190 valence electrons. The summed E-state index contributed by atoms with van der Waals surface area (Å²) in [5, 5.41) is 2.63. The summed E-state index contributed by atoms with van der Waals surface area (Å²) in [5.41, 5.74) is -1.47. The predicted molar refractivity (Wildman–Crippen MR) is 127 cm³/mol. The minimum atomic E-state index is -4.57. The van der Waals surface area contributed by atoms with Crippen molar-refractivity contribution < 1.29 is 32.2 Å². The summed E-state index contributed by atoms with van der Waals surface area (Å²) in [6.07, 6.45) is -3.71. The number of anilines is 1. The topological polar surface area (TPSA) is 67.9 Å². The molecule has 1 fully saturated rings. The lowest BCUT2D eigenvalue weighted by Crippen LogP contribution is -2.45. The van der Waals surface area contributed by atoms with Crippen LogP contribution in [0.5, 0.6) is 17.2 Å². The molecule has 1 saturated heterocycles. The van der Waals surface area contributed by atoms with Crippen LogP contribution >= 0.6 is 0 Å². The first-order chi connectivity index (χ1) is 16.4. The van der Waals surface area contributed by atoms with Gasteiger partial charge in [0.2, 0.25) is 11.8 Å². The molecule has 1 aliphatic rings. The molecular formula is C26H31F3N2O4. The van der Waals surface area contributed by atoms with E-state index in [-0.39, 0.29) is 17.3 Å². The highest BCUT2D eigenvalue weighted by molar-refractivity contribution is 5.94. The van der Waals surface area contributed by atoms with Gasteiger partial charge >= 0.3 is 6.18 Å². The van der Waals surface area contributed by atoms with Gasteiger partial charge in [0.05, 0.1) is 17.9 Å². The summed E-state index contributed by atoms with van der Waals surface area (Å²) in [6, 6.07) is 9.63. The van der Waals surface area contributed by atoms with Gasteiger partial charge in [-0.1, -0.05) is 20.8 Å². The summed E-state index contributed by atoms with van der Waals surface area (Å²) in [6.45, 7) is 8.72. The van der Waals surface area contributed by atoms with Crippen molar-refractivity contribution in [3.8, 4) is 17.2 Å². The van der Waals surface area contributed by atoms with Crippen LogP contribution in [-0.2, 0) is 15.8 Å². The van der Waals surface area contributed by atoms with Gasteiger partial charge in [-0.2, -0.15) is 13.2 Å². The standard InChI is InChI=1S/C26H31F3N2O4/c1-5-34-19-7-9-20(10-8-19)35-22-11-6-18(26(27,28)29)16-21(22)30-23(32)17-12-14-31(15-13-17)24(33)25(2,3)4/h6-11,16-17H,5,12-15H2,1-4H3,(H,30,32). The Kier molecular flexibility index (Phi) is 7.97. The van der Waals surface area contributed by atoms with Gasteiger partial charge in [-0.05, 0) is 62.2 Å². The van der Waals surface area contributed by atoms with E-state index in [1.807, 2.05) is 27.7 Å². The van der Waals surface area contributed by atoms with E-state index in [4.69, 9.17) is 9.47 Å². The third kappa shape index (κ3) is 6.90. The number of nitrogens with one attached hydrogen (secondary N) is 1. The zero-order chi connectivity index (χ0) is 25.8. The fourth-order valence-electron chi connectivity index (χ4n) is 3.84. The van der Waals surface area contributed by atoms with Gasteiger partial charge in [0, 0.05) is 24.4 Å². The Hall–Kier alpha value is -3.23. The quantitative estimate of drug-likeness (QED) is 0.528. The van der Waals surface area contributed by atoms with E-state index >= 15 is 0 Å². The average molecular weight is 493 g/mol. The fraction of sp³-hybridized carbons (Fsp3) is 0.462. The largest absolute Gasteiger partial charge is 0.494 e. The molecule has 6 nitrogen and oxygen atoms in total. The van der Waals surface area contributed by atoms with Crippen LogP contribution < -0.4 is 14.8 Å². The Labute approximate surface area is 203 Å². The number of benzene rings is 2. The van der Waals surface area contributed by atoms with E-state index in [9.17, 15) is 22.8 Å². The van der Waals surface area contributed by atoms with Crippen molar-refractivity contribution in [2.24, 2.45) is 11.3 Å². The van der Waals surface area contributed by atoms with Crippen molar-refractivity contribution in [1.29, 1.82) is 0 Å². The smallest absolute Gasteiger partial charge is 0.416 e. The molecule has 35 heavy (non-hydrogen) atoms. The highest BCUT2D eigenvalue weighted by Crippen LogP contribution is 2.37. The molecule has 2 aromatic carbocycles. The zero-order valence-electron chi connectivity index (χ0n) is 20.4. The molecule has 0 unspecified atom stereocenters. The molecule has 2 aromatic rings. The fourth-order valence-corrected chi connectivity index (χ4v) is 3.84. The van der Waals surface area contributed by atoms with Gasteiger partial charge < -0.3 is 19.7 Å². The molecule has 1 aliphatic heterocycles. The molecule has 2 amide bonds. The van der Waals surface area contributed by atoms with Crippen LogP contribution in [0.2, 0.25) is 0 Å². The number of ether oxygens (including phenoxy) is 2. The summed E-state index contributed by atoms with van der Waals surface area (Å²) in [4.78, 5) is 27.2.